The molecule has 2 nitrogen and oxygen atoms in total. The SMILES string of the molecule is CC1CC(NCCCCOC(C)C)CC(C)(C)C1. The Morgan fingerprint density at radius 1 is 1.22 bits per heavy atom. The largest absolute Gasteiger partial charge is 0.379 e. The van der Waals surface area contributed by atoms with Gasteiger partial charge in [0.2, 0.25) is 0 Å². The van der Waals surface area contributed by atoms with Crippen molar-refractivity contribution in [3.8, 4) is 0 Å². The molecule has 1 N–H and O–H groups in total. The Balaban J connectivity index is 2.08. The Bertz CT molecular complexity index is 225. The average Bonchev–Trinajstić information content (AvgIpc) is 2.19. The summed E-state index contributed by atoms with van der Waals surface area (Å²) in [5, 5.41) is 3.74. The fourth-order valence-electron chi connectivity index (χ4n) is 3.35. The molecule has 2 unspecified atom stereocenters. The van der Waals surface area contributed by atoms with Gasteiger partial charge in [0.15, 0.2) is 0 Å². The molecule has 0 aromatic heterocycles. The van der Waals surface area contributed by atoms with E-state index in [1.54, 1.807) is 0 Å². The maximum absolute atomic E-state index is 5.56. The second-order valence-electron chi connectivity index (χ2n) is 7.19. The van der Waals surface area contributed by atoms with Crippen molar-refractivity contribution in [1.29, 1.82) is 0 Å². The molecule has 18 heavy (non-hydrogen) atoms. The topological polar surface area (TPSA) is 21.3 Å². The van der Waals surface area contributed by atoms with E-state index >= 15 is 0 Å². The minimum Gasteiger partial charge on any atom is -0.379 e. The first-order valence-electron chi connectivity index (χ1n) is 7.74. The third kappa shape index (κ3) is 6.75. The minimum atomic E-state index is 0.373. The van der Waals surface area contributed by atoms with E-state index in [9.17, 15) is 0 Å². The molecule has 1 saturated carbocycles. The summed E-state index contributed by atoms with van der Waals surface area (Å²) in [7, 11) is 0. The van der Waals surface area contributed by atoms with Gasteiger partial charge < -0.3 is 10.1 Å². The summed E-state index contributed by atoms with van der Waals surface area (Å²) in [6.07, 6.45) is 6.85. The highest BCUT2D eigenvalue weighted by Gasteiger charge is 2.31. The van der Waals surface area contributed by atoms with Gasteiger partial charge in [-0.25, -0.2) is 0 Å². The molecule has 1 fully saturated rings. The molecule has 2 heteroatoms. The highest BCUT2D eigenvalue weighted by atomic mass is 16.5. The predicted octanol–water partition coefficient (Wildman–Crippen LogP) is 4.00. The van der Waals surface area contributed by atoms with E-state index in [0.717, 1.165) is 25.1 Å². The van der Waals surface area contributed by atoms with Gasteiger partial charge in [-0.2, -0.15) is 0 Å². The summed E-state index contributed by atoms with van der Waals surface area (Å²) < 4.78 is 5.56. The number of rotatable bonds is 7. The van der Waals surface area contributed by atoms with Crippen LogP contribution in [0.15, 0.2) is 0 Å². The Morgan fingerprint density at radius 2 is 1.94 bits per heavy atom. The fraction of sp³-hybridized carbons (Fsp3) is 1.00. The summed E-state index contributed by atoms with van der Waals surface area (Å²) in [5.41, 5.74) is 0.524. The smallest absolute Gasteiger partial charge is 0.0518 e. The van der Waals surface area contributed by atoms with Crippen LogP contribution in [0.2, 0.25) is 0 Å². The second kappa shape index (κ2) is 7.49. The third-order valence-electron chi connectivity index (χ3n) is 3.84. The number of nitrogens with one attached hydrogen (secondary N) is 1. The van der Waals surface area contributed by atoms with E-state index in [2.05, 4.69) is 39.9 Å². The molecule has 0 heterocycles. The Hall–Kier alpha value is -0.0800. The lowest BCUT2D eigenvalue weighted by Crippen LogP contribution is -2.40. The highest BCUT2D eigenvalue weighted by Crippen LogP contribution is 2.38. The Kier molecular flexibility index (Phi) is 6.65. The van der Waals surface area contributed by atoms with E-state index in [0.29, 0.717) is 11.5 Å². The van der Waals surface area contributed by atoms with Crippen LogP contribution in [0.3, 0.4) is 0 Å². The van der Waals surface area contributed by atoms with Crippen molar-refractivity contribution >= 4 is 0 Å². The molecular formula is C16H33NO. The monoisotopic (exact) mass is 255 g/mol. The molecule has 0 aliphatic heterocycles. The van der Waals surface area contributed by atoms with Crippen molar-refractivity contribution in [3.05, 3.63) is 0 Å². The van der Waals surface area contributed by atoms with Crippen LogP contribution in [0.25, 0.3) is 0 Å². The summed E-state index contributed by atoms with van der Waals surface area (Å²) >= 11 is 0. The number of unbranched alkanes of at least 4 members (excludes halogenated alkanes) is 1. The van der Waals surface area contributed by atoms with Gasteiger partial charge in [-0.1, -0.05) is 20.8 Å². The molecule has 0 saturated heterocycles. The van der Waals surface area contributed by atoms with Crippen LogP contribution >= 0.6 is 0 Å². The van der Waals surface area contributed by atoms with Crippen LogP contribution < -0.4 is 5.32 Å². The van der Waals surface area contributed by atoms with Crippen molar-refractivity contribution < 1.29 is 4.74 Å². The Morgan fingerprint density at radius 3 is 2.56 bits per heavy atom. The van der Waals surface area contributed by atoms with Crippen LogP contribution in [-0.2, 0) is 4.74 Å². The van der Waals surface area contributed by atoms with Gasteiger partial charge in [0.25, 0.3) is 0 Å². The second-order valence-corrected chi connectivity index (χ2v) is 7.19. The van der Waals surface area contributed by atoms with E-state index in [-0.39, 0.29) is 0 Å². The fourth-order valence-corrected chi connectivity index (χ4v) is 3.35. The molecule has 0 bridgehead atoms. The van der Waals surface area contributed by atoms with Gasteiger partial charge in [0.1, 0.15) is 0 Å². The summed E-state index contributed by atoms with van der Waals surface area (Å²) in [6.45, 7) is 13.5. The summed E-state index contributed by atoms with van der Waals surface area (Å²) in [5.74, 6) is 0.871. The maximum atomic E-state index is 5.56. The van der Waals surface area contributed by atoms with Crippen molar-refractivity contribution in [2.45, 2.75) is 78.9 Å². The minimum absolute atomic E-state index is 0.373. The average molecular weight is 255 g/mol. The summed E-state index contributed by atoms with van der Waals surface area (Å²) in [6, 6.07) is 0.731. The zero-order valence-corrected chi connectivity index (χ0v) is 13.1. The molecular weight excluding hydrogens is 222 g/mol. The zero-order chi connectivity index (χ0) is 13.6. The van der Waals surface area contributed by atoms with E-state index in [1.165, 1.54) is 32.1 Å². The first kappa shape index (κ1) is 16.0. The van der Waals surface area contributed by atoms with Gasteiger partial charge in [0.05, 0.1) is 6.10 Å². The van der Waals surface area contributed by atoms with Crippen molar-refractivity contribution in [2.75, 3.05) is 13.2 Å². The molecule has 0 radical (unpaired) electrons. The summed E-state index contributed by atoms with van der Waals surface area (Å²) in [4.78, 5) is 0. The lowest BCUT2D eigenvalue weighted by atomic mass is 9.70. The highest BCUT2D eigenvalue weighted by molar-refractivity contribution is 4.86. The van der Waals surface area contributed by atoms with Crippen LogP contribution in [0.4, 0.5) is 0 Å². The maximum Gasteiger partial charge on any atom is 0.0518 e. The number of hydrogen-bond acceptors (Lipinski definition) is 2. The molecule has 108 valence electrons. The van der Waals surface area contributed by atoms with E-state index in [1.807, 2.05) is 0 Å². The van der Waals surface area contributed by atoms with Crippen LogP contribution in [-0.4, -0.2) is 25.3 Å². The normalized spacial score (nSPS) is 27.7. The molecule has 1 aliphatic carbocycles. The van der Waals surface area contributed by atoms with E-state index < -0.39 is 0 Å². The van der Waals surface area contributed by atoms with E-state index in [4.69, 9.17) is 4.74 Å². The van der Waals surface area contributed by atoms with Gasteiger partial charge in [-0.05, 0) is 63.8 Å². The van der Waals surface area contributed by atoms with Crippen molar-refractivity contribution in [1.82, 2.24) is 5.32 Å². The first-order chi connectivity index (χ1) is 8.39. The third-order valence-corrected chi connectivity index (χ3v) is 3.84. The lowest BCUT2D eigenvalue weighted by Gasteiger charge is -2.39. The lowest BCUT2D eigenvalue weighted by molar-refractivity contribution is 0.0755. The zero-order valence-electron chi connectivity index (χ0n) is 13.1. The Labute approximate surface area is 114 Å². The van der Waals surface area contributed by atoms with Crippen LogP contribution in [0.1, 0.15) is 66.7 Å². The van der Waals surface area contributed by atoms with Gasteiger partial charge >= 0.3 is 0 Å². The van der Waals surface area contributed by atoms with Crippen molar-refractivity contribution in [2.24, 2.45) is 11.3 Å². The van der Waals surface area contributed by atoms with Crippen molar-refractivity contribution in [3.63, 3.8) is 0 Å². The van der Waals surface area contributed by atoms with Crippen LogP contribution in [0.5, 0.6) is 0 Å². The number of hydrogen-bond donors (Lipinski definition) is 1. The molecule has 0 aromatic rings. The molecule has 1 aliphatic rings. The number of ether oxygens (including phenoxy) is 1. The molecule has 0 spiro atoms. The van der Waals surface area contributed by atoms with Gasteiger partial charge in [-0.3, -0.25) is 0 Å². The molecule has 0 aromatic carbocycles. The standard InChI is InChI=1S/C16H33NO/c1-13(2)18-9-7-6-8-17-15-10-14(3)11-16(4,5)12-15/h13-15,17H,6-12H2,1-5H3. The van der Waals surface area contributed by atoms with Gasteiger partial charge in [-0.15, -0.1) is 0 Å². The first-order valence-corrected chi connectivity index (χ1v) is 7.74. The predicted molar refractivity (Wildman–Crippen MR) is 78.9 cm³/mol. The van der Waals surface area contributed by atoms with Crippen LogP contribution in [0, 0.1) is 11.3 Å². The van der Waals surface area contributed by atoms with Gasteiger partial charge in [0, 0.05) is 12.6 Å². The molecule has 2 atom stereocenters. The molecule has 0 amide bonds. The quantitative estimate of drug-likeness (QED) is 0.694. The molecule has 1 rings (SSSR count).